The highest BCUT2D eigenvalue weighted by Crippen LogP contribution is 2.38. The first kappa shape index (κ1) is 13.2. The summed E-state index contributed by atoms with van der Waals surface area (Å²) in [5.41, 5.74) is 8.92. The predicted molar refractivity (Wildman–Crippen MR) is 83.3 cm³/mol. The Hall–Kier alpha value is -1.82. The number of hydrogen-bond donors (Lipinski definition) is 2. The minimum absolute atomic E-state index is 0.0277. The van der Waals surface area contributed by atoms with Gasteiger partial charge in [-0.15, -0.1) is 5.10 Å². The third kappa shape index (κ3) is 1.91. The molecule has 2 heterocycles. The number of amidine groups is 1. The molecule has 3 rings (SSSR count). The second-order valence-corrected chi connectivity index (χ2v) is 6.88. The van der Waals surface area contributed by atoms with Gasteiger partial charge < -0.3 is 11.1 Å². The molecule has 0 spiro atoms. The minimum Gasteiger partial charge on any atom is -0.377 e. The Morgan fingerprint density at radius 1 is 1.35 bits per heavy atom. The minimum atomic E-state index is -0.515. The molecular weight excluding hydrogens is 272 g/mol. The number of carbonyl (C=O) groups excluding carboxylic acids is 1. The Bertz CT molecular complexity index is 663. The zero-order chi connectivity index (χ0) is 14.5. The average Bonchev–Trinajstić information content (AvgIpc) is 2.60. The molecule has 0 saturated heterocycles. The lowest BCUT2D eigenvalue weighted by Gasteiger charge is -2.19. The molecule has 0 fully saturated rings. The van der Waals surface area contributed by atoms with Gasteiger partial charge in [0.25, 0.3) is 0 Å². The van der Waals surface area contributed by atoms with Crippen molar-refractivity contribution in [2.24, 2.45) is 15.9 Å². The quantitative estimate of drug-likeness (QED) is 0.830. The van der Waals surface area contributed by atoms with Crippen molar-refractivity contribution >= 4 is 34.2 Å². The third-order valence-electron chi connectivity index (χ3n) is 3.74. The Morgan fingerprint density at radius 3 is 2.80 bits per heavy atom. The number of nitrogens with one attached hydrogen (secondary N) is 1. The van der Waals surface area contributed by atoms with Crippen LogP contribution in [0.25, 0.3) is 0 Å². The fourth-order valence-electron chi connectivity index (χ4n) is 2.47. The molecule has 104 valence electrons. The Labute approximate surface area is 121 Å². The largest absolute Gasteiger partial charge is 0.377 e. The fourth-order valence-corrected chi connectivity index (χ4v) is 3.21. The maximum Gasteiger partial charge on any atom is 0.234 e. The van der Waals surface area contributed by atoms with Gasteiger partial charge in [0.1, 0.15) is 0 Å². The Balaban J connectivity index is 2.07. The smallest absolute Gasteiger partial charge is 0.234 e. The van der Waals surface area contributed by atoms with Crippen LogP contribution in [-0.4, -0.2) is 22.0 Å². The van der Waals surface area contributed by atoms with Crippen molar-refractivity contribution in [1.29, 1.82) is 0 Å². The second kappa shape index (κ2) is 4.34. The highest BCUT2D eigenvalue weighted by atomic mass is 32.2. The second-order valence-electron chi connectivity index (χ2n) is 5.52. The standard InChI is InChI=1S/C14H16N4OS/c1-7-11(17-18-13(15)20-7)8-4-5-10-9(6-8)14(2,3)12(19)16-10/h4-7H,1-3H3,(H2,15,18)(H,16,19). The topological polar surface area (TPSA) is 79.8 Å². The molecule has 0 radical (unpaired) electrons. The molecule has 20 heavy (non-hydrogen) atoms. The van der Waals surface area contributed by atoms with Crippen LogP contribution in [0.3, 0.4) is 0 Å². The lowest BCUT2D eigenvalue weighted by molar-refractivity contribution is -0.119. The van der Waals surface area contributed by atoms with E-state index in [9.17, 15) is 4.79 Å². The molecule has 0 bridgehead atoms. The Kier molecular flexibility index (Phi) is 2.86. The molecule has 2 aliphatic heterocycles. The lowest BCUT2D eigenvalue weighted by Crippen LogP contribution is -2.27. The van der Waals surface area contributed by atoms with Gasteiger partial charge in [-0.25, -0.2) is 0 Å². The van der Waals surface area contributed by atoms with E-state index in [1.165, 1.54) is 11.8 Å². The first-order valence-corrected chi connectivity index (χ1v) is 7.31. The summed E-state index contributed by atoms with van der Waals surface area (Å²) in [6, 6.07) is 5.92. The summed E-state index contributed by atoms with van der Waals surface area (Å²) in [5, 5.41) is 11.7. The zero-order valence-electron chi connectivity index (χ0n) is 11.6. The van der Waals surface area contributed by atoms with E-state index in [4.69, 9.17) is 5.73 Å². The summed E-state index contributed by atoms with van der Waals surface area (Å²) in [7, 11) is 0. The molecule has 6 heteroatoms. The van der Waals surface area contributed by atoms with Crippen LogP contribution in [0.4, 0.5) is 5.69 Å². The number of fused-ring (bicyclic) bond motifs is 1. The summed E-state index contributed by atoms with van der Waals surface area (Å²) in [5.74, 6) is 0.0277. The Morgan fingerprint density at radius 2 is 2.10 bits per heavy atom. The van der Waals surface area contributed by atoms with Crippen molar-refractivity contribution in [2.75, 3.05) is 5.32 Å². The van der Waals surface area contributed by atoms with Gasteiger partial charge in [0, 0.05) is 5.69 Å². The van der Waals surface area contributed by atoms with Crippen LogP contribution < -0.4 is 11.1 Å². The SMILES string of the molecule is CC1SC(N)=NN=C1c1ccc2c(c1)C(C)(C)C(=O)N2. The van der Waals surface area contributed by atoms with E-state index in [-0.39, 0.29) is 11.2 Å². The lowest BCUT2D eigenvalue weighted by atomic mass is 9.85. The van der Waals surface area contributed by atoms with Crippen molar-refractivity contribution in [1.82, 2.24) is 0 Å². The van der Waals surface area contributed by atoms with Crippen LogP contribution in [-0.2, 0) is 10.2 Å². The predicted octanol–water partition coefficient (Wildman–Crippen LogP) is 2.07. The van der Waals surface area contributed by atoms with Crippen molar-refractivity contribution in [3.05, 3.63) is 29.3 Å². The number of carbonyl (C=O) groups is 1. The van der Waals surface area contributed by atoms with Crippen LogP contribution in [0, 0.1) is 0 Å². The molecule has 1 aromatic rings. The molecule has 1 atom stereocenters. The van der Waals surface area contributed by atoms with Gasteiger partial charge in [-0.3, -0.25) is 4.79 Å². The molecule has 0 aromatic heterocycles. The average molecular weight is 288 g/mol. The molecule has 1 aromatic carbocycles. The molecule has 2 aliphatic rings. The molecule has 1 unspecified atom stereocenters. The fraction of sp³-hybridized carbons (Fsp3) is 0.357. The molecule has 0 aliphatic carbocycles. The summed E-state index contributed by atoms with van der Waals surface area (Å²) in [6.45, 7) is 5.90. The number of benzene rings is 1. The van der Waals surface area contributed by atoms with Crippen LogP contribution in [0.1, 0.15) is 31.9 Å². The van der Waals surface area contributed by atoms with Gasteiger partial charge in [0.05, 0.1) is 16.4 Å². The molecular formula is C14H16N4OS. The third-order valence-corrected chi connectivity index (χ3v) is 4.64. The van der Waals surface area contributed by atoms with Crippen LogP contribution in [0.15, 0.2) is 28.4 Å². The highest BCUT2D eigenvalue weighted by Gasteiger charge is 2.38. The van der Waals surface area contributed by atoms with E-state index in [1.54, 1.807) is 0 Å². The number of anilines is 1. The first-order valence-electron chi connectivity index (χ1n) is 6.43. The van der Waals surface area contributed by atoms with Crippen LogP contribution in [0.2, 0.25) is 0 Å². The maximum atomic E-state index is 12.0. The van der Waals surface area contributed by atoms with E-state index in [2.05, 4.69) is 15.5 Å². The van der Waals surface area contributed by atoms with E-state index in [1.807, 2.05) is 39.0 Å². The van der Waals surface area contributed by atoms with Crippen LogP contribution in [0.5, 0.6) is 0 Å². The number of nitrogens with two attached hydrogens (primary N) is 1. The monoisotopic (exact) mass is 288 g/mol. The van der Waals surface area contributed by atoms with Gasteiger partial charge in [0.2, 0.25) is 5.91 Å². The van der Waals surface area contributed by atoms with E-state index >= 15 is 0 Å². The van der Waals surface area contributed by atoms with E-state index < -0.39 is 5.41 Å². The summed E-state index contributed by atoms with van der Waals surface area (Å²) < 4.78 is 0. The van der Waals surface area contributed by atoms with E-state index in [0.29, 0.717) is 5.17 Å². The maximum absolute atomic E-state index is 12.0. The van der Waals surface area contributed by atoms with Crippen molar-refractivity contribution in [3.8, 4) is 0 Å². The van der Waals surface area contributed by atoms with Gasteiger partial charge in [0.15, 0.2) is 5.17 Å². The zero-order valence-corrected chi connectivity index (χ0v) is 12.4. The van der Waals surface area contributed by atoms with Gasteiger partial charge in [-0.1, -0.05) is 17.8 Å². The van der Waals surface area contributed by atoms with Crippen molar-refractivity contribution < 1.29 is 4.79 Å². The molecule has 3 N–H and O–H groups in total. The summed E-state index contributed by atoms with van der Waals surface area (Å²) in [6.07, 6.45) is 0. The number of nitrogens with zero attached hydrogens (tertiary/aromatic N) is 2. The molecule has 1 amide bonds. The van der Waals surface area contributed by atoms with Crippen molar-refractivity contribution in [3.63, 3.8) is 0 Å². The first-order chi connectivity index (χ1) is 9.39. The number of rotatable bonds is 1. The number of hydrogen-bond acceptors (Lipinski definition) is 5. The van der Waals surface area contributed by atoms with Crippen LogP contribution >= 0.6 is 11.8 Å². The van der Waals surface area contributed by atoms with Gasteiger partial charge >= 0.3 is 0 Å². The highest BCUT2D eigenvalue weighted by molar-refractivity contribution is 8.15. The molecule has 0 saturated carbocycles. The number of amides is 1. The number of thioether (sulfide) groups is 1. The normalized spacial score (nSPS) is 23.8. The van der Waals surface area contributed by atoms with Crippen molar-refractivity contribution in [2.45, 2.75) is 31.4 Å². The van der Waals surface area contributed by atoms with E-state index in [0.717, 1.165) is 22.5 Å². The molecule has 5 nitrogen and oxygen atoms in total. The summed E-state index contributed by atoms with van der Waals surface area (Å²) in [4.78, 5) is 12.0. The van der Waals surface area contributed by atoms with Gasteiger partial charge in [-0.2, -0.15) is 5.10 Å². The summed E-state index contributed by atoms with van der Waals surface area (Å²) >= 11 is 1.49. The van der Waals surface area contributed by atoms with Gasteiger partial charge in [-0.05, 0) is 44.0 Å².